The van der Waals surface area contributed by atoms with Crippen LogP contribution in [-0.4, -0.2) is 23.4 Å². The number of nitrogens with one attached hydrogen (secondary N) is 1. The van der Waals surface area contributed by atoms with Gasteiger partial charge in [-0.3, -0.25) is 9.69 Å². The third-order valence-electron chi connectivity index (χ3n) is 4.62. The molecule has 0 radical (unpaired) electrons. The van der Waals surface area contributed by atoms with Crippen LogP contribution in [0.4, 0.5) is 0 Å². The third kappa shape index (κ3) is 7.04. The van der Waals surface area contributed by atoms with E-state index in [9.17, 15) is 4.79 Å². The van der Waals surface area contributed by atoms with Crippen molar-refractivity contribution < 1.29 is 9.21 Å². The Morgan fingerprint density at radius 2 is 1.89 bits per heavy atom. The number of nitrogens with zero attached hydrogens (tertiary/aromatic N) is 1. The van der Waals surface area contributed by atoms with Gasteiger partial charge in [0.2, 0.25) is 0 Å². The molecule has 0 fully saturated rings. The van der Waals surface area contributed by atoms with Gasteiger partial charge >= 0.3 is 0 Å². The highest BCUT2D eigenvalue weighted by Crippen LogP contribution is 2.20. The molecule has 0 spiro atoms. The van der Waals surface area contributed by atoms with Gasteiger partial charge in [-0.2, -0.15) is 0 Å². The van der Waals surface area contributed by atoms with E-state index in [1.54, 1.807) is 6.07 Å². The summed E-state index contributed by atoms with van der Waals surface area (Å²) < 4.78 is 5.79. The number of halogens is 1. The number of hydrogen-bond acceptors (Lipinski definition) is 3. The molecule has 5 heteroatoms. The van der Waals surface area contributed by atoms with Crippen LogP contribution in [0.1, 0.15) is 68.3 Å². The SMILES string of the molecule is CCCCCCNC(=O)c1ccc(CN(Cc2ccccc2Cl)C(C)C)o1. The Morgan fingerprint density at radius 3 is 2.59 bits per heavy atom. The molecule has 2 rings (SSSR count). The van der Waals surface area contributed by atoms with Crippen LogP contribution < -0.4 is 5.32 Å². The van der Waals surface area contributed by atoms with Crippen molar-refractivity contribution in [1.82, 2.24) is 10.2 Å². The van der Waals surface area contributed by atoms with E-state index < -0.39 is 0 Å². The highest BCUT2D eigenvalue weighted by molar-refractivity contribution is 6.31. The van der Waals surface area contributed by atoms with Crippen molar-refractivity contribution in [3.8, 4) is 0 Å². The Labute approximate surface area is 167 Å². The van der Waals surface area contributed by atoms with Crippen LogP contribution in [0, 0.1) is 0 Å². The van der Waals surface area contributed by atoms with Gasteiger partial charge in [-0.25, -0.2) is 0 Å². The monoisotopic (exact) mass is 390 g/mol. The van der Waals surface area contributed by atoms with E-state index >= 15 is 0 Å². The van der Waals surface area contributed by atoms with Crippen LogP contribution in [0.25, 0.3) is 0 Å². The maximum Gasteiger partial charge on any atom is 0.286 e. The lowest BCUT2D eigenvalue weighted by Gasteiger charge is -2.26. The molecule has 1 heterocycles. The van der Waals surface area contributed by atoms with E-state index in [2.05, 4.69) is 31.0 Å². The van der Waals surface area contributed by atoms with Crippen molar-refractivity contribution in [2.75, 3.05) is 6.54 Å². The lowest BCUT2D eigenvalue weighted by molar-refractivity contribution is 0.0920. The fourth-order valence-electron chi connectivity index (χ4n) is 2.89. The predicted molar refractivity (Wildman–Crippen MR) is 111 cm³/mol. The number of benzene rings is 1. The Kier molecular flexibility index (Phi) is 8.89. The summed E-state index contributed by atoms with van der Waals surface area (Å²) in [6.45, 7) is 8.52. The second kappa shape index (κ2) is 11.2. The van der Waals surface area contributed by atoms with Gasteiger partial charge in [-0.05, 0) is 44.0 Å². The molecule has 2 aromatic rings. The zero-order valence-electron chi connectivity index (χ0n) is 16.6. The van der Waals surface area contributed by atoms with E-state index in [-0.39, 0.29) is 5.91 Å². The van der Waals surface area contributed by atoms with E-state index in [1.165, 1.54) is 12.8 Å². The summed E-state index contributed by atoms with van der Waals surface area (Å²) in [5.41, 5.74) is 1.09. The lowest BCUT2D eigenvalue weighted by Crippen LogP contribution is -2.29. The highest BCUT2D eigenvalue weighted by Gasteiger charge is 2.16. The first-order chi connectivity index (χ1) is 13.0. The van der Waals surface area contributed by atoms with Crippen molar-refractivity contribution in [3.05, 3.63) is 58.5 Å². The minimum absolute atomic E-state index is 0.139. The average molecular weight is 391 g/mol. The first-order valence-corrected chi connectivity index (χ1v) is 10.2. The molecule has 1 amide bonds. The van der Waals surface area contributed by atoms with Gasteiger partial charge in [-0.15, -0.1) is 0 Å². The molecular formula is C22H31ClN2O2. The maximum absolute atomic E-state index is 12.2. The average Bonchev–Trinajstić information content (AvgIpc) is 3.11. The number of furan rings is 1. The Balaban J connectivity index is 1.91. The van der Waals surface area contributed by atoms with Crippen molar-refractivity contribution >= 4 is 17.5 Å². The summed E-state index contributed by atoms with van der Waals surface area (Å²) in [4.78, 5) is 14.5. The molecule has 1 aromatic heterocycles. The van der Waals surface area contributed by atoms with Crippen LogP contribution in [0.2, 0.25) is 5.02 Å². The second-order valence-corrected chi connectivity index (χ2v) is 7.58. The molecule has 0 saturated heterocycles. The zero-order chi connectivity index (χ0) is 19.6. The molecule has 148 valence electrons. The van der Waals surface area contributed by atoms with Crippen molar-refractivity contribution in [1.29, 1.82) is 0 Å². The standard InChI is InChI=1S/C22H31ClN2O2/c1-4-5-6-9-14-24-22(26)21-13-12-19(27-21)16-25(17(2)3)15-18-10-7-8-11-20(18)23/h7-8,10-13,17H,4-6,9,14-16H2,1-3H3,(H,24,26). The van der Waals surface area contributed by atoms with Crippen LogP contribution >= 0.6 is 11.6 Å². The molecule has 0 unspecified atom stereocenters. The summed E-state index contributed by atoms with van der Waals surface area (Å²) in [7, 11) is 0. The number of rotatable bonds is 11. The highest BCUT2D eigenvalue weighted by atomic mass is 35.5. The van der Waals surface area contributed by atoms with Crippen LogP contribution in [0.5, 0.6) is 0 Å². The van der Waals surface area contributed by atoms with Gasteiger partial charge in [0.15, 0.2) is 5.76 Å². The normalized spacial score (nSPS) is 11.3. The van der Waals surface area contributed by atoms with E-state index in [0.29, 0.717) is 24.9 Å². The van der Waals surface area contributed by atoms with Crippen LogP contribution in [0.15, 0.2) is 40.8 Å². The van der Waals surface area contributed by atoms with Crippen molar-refractivity contribution in [2.24, 2.45) is 0 Å². The van der Waals surface area contributed by atoms with Gasteiger partial charge in [0, 0.05) is 24.2 Å². The molecular weight excluding hydrogens is 360 g/mol. The number of carbonyl (C=O) groups excluding carboxylic acids is 1. The van der Waals surface area contributed by atoms with E-state index in [1.807, 2.05) is 30.3 Å². The summed E-state index contributed by atoms with van der Waals surface area (Å²) in [6.07, 6.45) is 4.55. The predicted octanol–water partition coefficient (Wildman–Crippen LogP) is 5.65. The van der Waals surface area contributed by atoms with Crippen molar-refractivity contribution in [2.45, 2.75) is 65.6 Å². The molecule has 1 aromatic carbocycles. The summed E-state index contributed by atoms with van der Waals surface area (Å²) in [6, 6.07) is 11.8. The molecule has 0 atom stereocenters. The Bertz CT molecular complexity index is 712. The largest absolute Gasteiger partial charge is 0.455 e. The summed E-state index contributed by atoms with van der Waals surface area (Å²) >= 11 is 6.30. The molecule has 4 nitrogen and oxygen atoms in total. The Hall–Kier alpha value is -1.78. The van der Waals surface area contributed by atoms with Gasteiger partial charge < -0.3 is 9.73 Å². The number of carbonyl (C=O) groups is 1. The molecule has 0 aliphatic rings. The Morgan fingerprint density at radius 1 is 1.11 bits per heavy atom. The smallest absolute Gasteiger partial charge is 0.286 e. The lowest BCUT2D eigenvalue weighted by atomic mass is 10.2. The van der Waals surface area contributed by atoms with Crippen LogP contribution in [-0.2, 0) is 13.1 Å². The number of unbranched alkanes of at least 4 members (excludes halogenated alkanes) is 3. The second-order valence-electron chi connectivity index (χ2n) is 7.17. The van der Waals surface area contributed by atoms with Gasteiger partial charge in [0.25, 0.3) is 5.91 Å². The van der Waals surface area contributed by atoms with Gasteiger partial charge in [-0.1, -0.05) is 56.0 Å². The molecule has 0 aliphatic carbocycles. The van der Waals surface area contributed by atoms with Crippen molar-refractivity contribution in [3.63, 3.8) is 0 Å². The molecule has 0 aliphatic heterocycles. The third-order valence-corrected chi connectivity index (χ3v) is 4.99. The first kappa shape index (κ1) is 21.5. The maximum atomic E-state index is 12.2. The minimum Gasteiger partial charge on any atom is -0.455 e. The van der Waals surface area contributed by atoms with Crippen LogP contribution in [0.3, 0.4) is 0 Å². The number of hydrogen-bond donors (Lipinski definition) is 1. The van der Waals surface area contributed by atoms with E-state index in [4.69, 9.17) is 16.0 Å². The summed E-state index contributed by atoms with van der Waals surface area (Å²) in [5.74, 6) is 1.02. The zero-order valence-corrected chi connectivity index (χ0v) is 17.4. The van der Waals surface area contributed by atoms with E-state index in [0.717, 1.165) is 35.7 Å². The molecule has 27 heavy (non-hydrogen) atoms. The minimum atomic E-state index is -0.139. The fraction of sp³-hybridized carbons (Fsp3) is 0.500. The fourth-order valence-corrected chi connectivity index (χ4v) is 3.09. The topological polar surface area (TPSA) is 45.5 Å². The molecule has 1 N–H and O–H groups in total. The van der Waals surface area contributed by atoms with Gasteiger partial charge in [0.1, 0.15) is 5.76 Å². The quantitative estimate of drug-likeness (QED) is 0.504. The molecule has 0 saturated carbocycles. The summed E-state index contributed by atoms with van der Waals surface area (Å²) in [5, 5.41) is 3.70. The molecule has 0 bridgehead atoms. The number of amides is 1. The first-order valence-electron chi connectivity index (χ1n) is 9.85. The van der Waals surface area contributed by atoms with Gasteiger partial charge in [0.05, 0.1) is 6.54 Å².